The number of ether oxygens (including phenoxy) is 2. The summed E-state index contributed by atoms with van der Waals surface area (Å²) < 4.78 is 37.6. The van der Waals surface area contributed by atoms with E-state index < -0.39 is 16.0 Å². The zero-order valence-electron chi connectivity index (χ0n) is 15.4. The fourth-order valence-electron chi connectivity index (χ4n) is 2.70. The van der Waals surface area contributed by atoms with Crippen molar-refractivity contribution in [2.45, 2.75) is 25.7 Å². The molecule has 0 aromatic heterocycles. The molecule has 26 heavy (non-hydrogen) atoms. The van der Waals surface area contributed by atoms with Crippen molar-refractivity contribution < 1.29 is 22.7 Å². The summed E-state index contributed by atoms with van der Waals surface area (Å²) in [6, 6.07) is 11.2. The van der Waals surface area contributed by atoms with Gasteiger partial charge in [0, 0.05) is 6.54 Å². The summed E-state index contributed by atoms with van der Waals surface area (Å²) in [6.45, 7) is 6.04. The summed E-state index contributed by atoms with van der Waals surface area (Å²) in [5, 5.41) is 0. The molecule has 0 unspecified atom stereocenters. The summed E-state index contributed by atoms with van der Waals surface area (Å²) in [5.74, 6) is 0.109. The average molecular weight is 377 g/mol. The quantitative estimate of drug-likeness (QED) is 0.692. The second-order valence-corrected chi connectivity index (χ2v) is 7.38. The number of rotatable bonds is 7. The summed E-state index contributed by atoms with van der Waals surface area (Å²) in [5.41, 5.74) is 1.34. The minimum atomic E-state index is -3.78. The predicted molar refractivity (Wildman–Crippen MR) is 100 cm³/mol. The van der Waals surface area contributed by atoms with Crippen molar-refractivity contribution in [2.24, 2.45) is 0 Å². The maximum absolute atomic E-state index is 13.1. The van der Waals surface area contributed by atoms with Gasteiger partial charge in [-0.05, 0) is 62.7 Å². The minimum absolute atomic E-state index is 0.158. The van der Waals surface area contributed by atoms with E-state index in [-0.39, 0.29) is 11.4 Å². The molecule has 0 saturated heterocycles. The number of hydrogen-bond donors (Lipinski definition) is 0. The van der Waals surface area contributed by atoms with E-state index in [0.717, 1.165) is 0 Å². The van der Waals surface area contributed by atoms with Gasteiger partial charge < -0.3 is 9.47 Å². The van der Waals surface area contributed by atoms with Crippen molar-refractivity contribution in [3.63, 3.8) is 0 Å². The normalized spacial score (nSPS) is 11.1. The Hall–Kier alpha value is -2.54. The highest BCUT2D eigenvalue weighted by Gasteiger charge is 2.26. The van der Waals surface area contributed by atoms with E-state index in [4.69, 9.17) is 9.47 Å². The van der Waals surface area contributed by atoms with Crippen LogP contribution in [0.3, 0.4) is 0 Å². The minimum Gasteiger partial charge on any atom is -0.494 e. The highest BCUT2D eigenvalue weighted by molar-refractivity contribution is 7.92. The summed E-state index contributed by atoms with van der Waals surface area (Å²) in [7, 11) is -2.49. The number of sulfonamides is 1. The predicted octanol–water partition coefficient (Wildman–Crippen LogP) is 3.40. The summed E-state index contributed by atoms with van der Waals surface area (Å²) in [4.78, 5) is 12.1. The van der Waals surface area contributed by atoms with Gasteiger partial charge in [-0.2, -0.15) is 0 Å². The first-order valence-electron chi connectivity index (χ1n) is 8.30. The molecular formula is C19H23NO5S. The number of esters is 1. The first-order valence-corrected chi connectivity index (χ1v) is 9.74. The van der Waals surface area contributed by atoms with Gasteiger partial charge >= 0.3 is 5.97 Å². The lowest BCUT2D eigenvalue weighted by Crippen LogP contribution is -2.31. The Kier molecular flexibility index (Phi) is 6.26. The molecule has 0 bridgehead atoms. The largest absolute Gasteiger partial charge is 0.494 e. The molecule has 0 amide bonds. The van der Waals surface area contributed by atoms with Crippen molar-refractivity contribution in [3.8, 4) is 5.75 Å². The topological polar surface area (TPSA) is 72.9 Å². The van der Waals surface area contributed by atoms with Gasteiger partial charge in [0.1, 0.15) is 5.75 Å². The van der Waals surface area contributed by atoms with Gasteiger partial charge in [0.05, 0.1) is 29.9 Å². The van der Waals surface area contributed by atoms with Gasteiger partial charge in [0.2, 0.25) is 0 Å². The fourth-order valence-corrected chi connectivity index (χ4v) is 4.23. The van der Waals surface area contributed by atoms with Crippen molar-refractivity contribution >= 4 is 21.7 Å². The van der Waals surface area contributed by atoms with Crippen LogP contribution in [-0.4, -0.2) is 34.6 Å². The van der Waals surface area contributed by atoms with Crippen LogP contribution in [0.15, 0.2) is 47.4 Å². The van der Waals surface area contributed by atoms with Crippen LogP contribution < -0.4 is 9.04 Å². The molecule has 0 radical (unpaired) electrons. The zero-order chi connectivity index (χ0) is 19.3. The number of anilines is 1. The third-order valence-corrected chi connectivity index (χ3v) is 5.89. The van der Waals surface area contributed by atoms with Crippen LogP contribution in [0.5, 0.6) is 5.75 Å². The second kappa shape index (κ2) is 8.23. The standard InChI is InChI=1S/C19H23NO5S/c1-5-20(18-9-7-8-17(14(18)3)19(21)24-4)26(22,23)16-12-10-15(11-13-16)25-6-2/h7-13H,5-6H2,1-4H3. The number of nitrogens with zero attached hydrogens (tertiary/aromatic N) is 1. The molecule has 7 heteroatoms. The molecule has 2 aromatic carbocycles. The average Bonchev–Trinajstić information content (AvgIpc) is 2.63. The molecule has 0 atom stereocenters. The Labute approximate surface area is 154 Å². The second-order valence-electron chi connectivity index (χ2n) is 5.52. The van der Waals surface area contributed by atoms with Gasteiger partial charge in [0.25, 0.3) is 10.0 Å². The van der Waals surface area contributed by atoms with Gasteiger partial charge in [-0.1, -0.05) is 6.07 Å². The SMILES string of the molecule is CCOc1ccc(S(=O)(=O)N(CC)c2cccc(C(=O)OC)c2C)cc1. The fraction of sp³-hybridized carbons (Fsp3) is 0.316. The van der Waals surface area contributed by atoms with E-state index in [2.05, 4.69) is 0 Å². The molecule has 140 valence electrons. The Morgan fingerprint density at radius 3 is 2.27 bits per heavy atom. The molecular weight excluding hydrogens is 354 g/mol. The number of hydrogen-bond acceptors (Lipinski definition) is 5. The molecule has 0 heterocycles. The highest BCUT2D eigenvalue weighted by Crippen LogP contribution is 2.29. The van der Waals surface area contributed by atoms with Crippen LogP contribution in [0.4, 0.5) is 5.69 Å². The smallest absolute Gasteiger partial charge is 0.338 e. The molecule has 2 aromatic rings. The van der Waals surface area contributed by atoms with Crippen molar-refractivity contribution in [1.29, 1.82) is 0 Å². The monoisotopic (exact) mass is 377 g/mol. The molecule has 2 rings (SSSR count). The van der Waals surface area contributed by atoms with E-state index in [1.54, 1.807) is 44.2 Å². The third kappa shape index (κ3) is 3.83. The Morgan fingerprint density at radius 1 is 1.08 bits per heavy atom. The molecule has 0 aliphatic carbocycles. The Bertz CT molecular complexity index is 875. The summed E-state index contributed by atoms with van der Waals surface area (Å²) in [6.07, 6.45) is 0. The van der Waals surface area contributed by atoms with Gasteiger partial charge in [-0.25, -0.2) is 13.2 Å². The maximum atomic E-state index is 13.1. The van der Waals surface area contributed by atoms with Crippen LogP contribution >= 0.6 is 0 Å². The van der Waals surface area contributed by atoms with E-state index in [1.165, 1.54) is 23.5 Å². The number of benzene rings is 2. The Morgan fingerprint density at radius 2 is 1.73 bits per heavy atom. The third-order valence-electron chi connectivity index (χ3n) is 3.99. The zero-order valence-corrected chi connectivity index (χ0v) is 16.2. The lowest BCUT2D eigenvalue weighted by atomic mass is 10.1. The van der Waals surface area contributed by atoms with Crippen molar-refractivity contribution in [2.75, 3.05) is 24.6 Å². The van der Waals surface area contributed by atoms with E-state index in [1.807, 2.05) is 6.92 Å². The summed E-state index contributed by atoms with van der Waals surface area (Å²) >= 11 is 0. The Balaban J connectivity index is 2.48. The molecule has 0 spiro atoms. The van der Waals surface area contributed by atoms with Crippen LogP contribution in [0.25, 0.3) is 0 Å². The van der Waals surface area contributed by atoms with Crippen LogP contribution in [0.1, 0.15) is 29.8 Å². The van der Waals surface area contributed by atoms with E-state index in [0.29, 0.717) is 29.2 Å². The van der Waals surface area contributed by atoms with Crippen LogP contribution in [-0.2, 0) is 14.8 Å². The van der Waals surface area contributed by atoms with Gasteiger partial charge in [0.15, 0.2) is 0 Å². The lowest BCUT2D eigenvalue weighted by molar-refractivity contribution is 0.0600. The van der Waals surface area contributed by atoms with E-state index >= 15 is 0 Å². The molecule has 0 saturated carbocycles. The number of carbonyl (C=O) groups is 1. The van der Waals surface area contributed by atoms with Crippen LogP contribution in [0.2, 0.25) is 0 Å². The van der Waals surface area contributed by atoms with E-state index in [9.17, 15) is 13.2 Å². The molecule has 0 aliphatic rings. The molecule has 6 nitrogen and oxygen atoms in total. The first-order chi connectivity index (χ1) is 12.4. The molecule has 0 fully saturated rings. The first kappa shape index (κ1) is 19.8. The van der Waals surface area contributed by atoms with Gasteiger partial charge in [-0.15, -0.1) is 0 Å². The number of carbonyl (C=O) groups excluding carboxylic acids is 1. The van der Waals surface area contributed by atoms with Crippen molar-refractivity contribution in [1.82, 2.24) is 0 Å². The lowest BCUT2D eigenvalue weighted by Gasteiger charge is -2.25. The van der Waals surface area contributed by atoms with Gasteiger partial charge in [-0.3, -0.25) is 4.31 Å². The van der Waals surface area contributed by atoms with Crippen molar-refractivity contribution in [3.05, 3.63) is 53.6 Å². The maximum Gasteiger partial charge on any atom is 0.338 e. The molecule has 0 N–H and O–H groups in total. The van der Waals surface area contributed by atoms with Crippen LogP contribution in [0, 0.1) is 6.92 Å². The highest BCUT2D eigenvalue weighted by atomic mass is 32.2. The number of methoxy groups -OCH3 is 1. The molecule has 0 aliphatic heterocycles.